The Balaban J connectivity index is 2.17. The molecule has 3 N–H and O–H groups in total. The van der Waals surface area contributed by atoms with Gasteiger partial charge in [0.25, 0.3) is 11.8 Å². The average Bonchev–Trinajstić information content (AvgIpc) is 2.85. The van der Waals surface area contributed by atoms with Gasteiger partial charge in [0.15, 0.2) is 5.78 Å². The summed E-state index contributed by atoms with van der Waals surface area (Å²) >= 11 is 0. The highest BCUT2D eigenvalue weighted by Gasteiger charge is 2.28. The zero-order valence-corrected chi connectivity index (χ0v) is 14.0. The number of carbonyl (C=O) groups is 3. The van der Waals surface area contributed by atoms with Crippen LogP contribution in [-0.4, -0.2) is 17.6 Å². The van der Waals surface area contributed by atoms with Crippen LogP contribution in [0.2, 0.25) is 0 Å². The fourth-order valence-corrected chi connectivity index (χ4v) is 3.14. The maximum absolute atomic E-state index is 13.0. The van der Waals surface area contributed by atoms with E-state index in [4.69, 9.17) is 5.73 Å². The molecule has 122 valence electrons. The van der Waals surface area contributed by atoms with E-state index in [0.717, 1.165) is 22.3 Å². The van der Waals surface area contributed by atoms with Gasteiger partial charge in [0.05, 0.1) is 11.1 Å². The molecule has 1 heterocycles. The summed E-state index contributed by atoms with van der Waals surface area (Å²) in [5.74, 6) is -1.07. The Morgan fingerprint density at radius 2 is 1.42 bits per heavy atom. The average molecular weight is 322 g/mol. The standard InChI is InChI=1S/C19H18N2O3/c1-8-10(3)16(20)11(4)9(2)15(8)17(22)12-5-6-13-14(7-12)19(24)21-18(13)23/h5-7H,20H2,1-4H3,(H,21,23,24). The van der Waals surface area contributed by atoms with Crippen LogP contribution in [0.5, 0.6) is 0 Å². The molecule has 0 radical (unpaired) electrons. The summed E-state index contributed by atoms with van der Waals surface area (Å²) in [6, 6.07) is 4.58. The Hall–Kier alpha value is -2.95. The first kappa shape index (κ1) is 15.9. The second kappa shape index (κ2) is 5.30. The second-order valence-corrected chi connectivity index (χ2v) is 6.16. The van der Waals surface area contributed by atoms with Crippen LogP contribution in [0.1, 0.15) is 58.9 Å². The predicted octanol–water partition coefficient (Wildman–Crippen LogP) is 2.62. The van der Waals surface area contributed by atoms with Gasteiger partial charge in [-0.3, -0.25) is 19.7 Å². The Morgan fingerprint density at radius 1 is 0.875 bits per heavy atom. The van der Waals surface area contributed by atoms with Gasteiger partial charge in [-0.2, -0.15) is 0 Å². The lowest BCUT2D eigenvalue weighted by atomic mass is 9.87. The van der Waals surface area contributed by atoms with Gasteiger partial charge in [0, 0.05) is 16.8 Å². The minimum Gasteiger partial charge on any atom is -0.398 e. The zero-order valence-electron chi connectivity index (χ0n) is 14.0. The van der Waals surface area contributed by atoms with Crippen LogP contribution in [0.25, 0.3) is 0 Å². The van der Waals surface area contributed by atoms with Crippen LogP contribution in [0.3, 0.4) is 0 Å². The minimum atomic E-state index is -0.470. The summed E-state index contributed by atoms with van der Waals surface area (Å²) in [6.45, 7) is 7.52. The predicted molar refractivity (Wildman–Crippen MR) is 91.5 cm³/mol. The number of hydrogen-bond donors (Lipinski definition) is 2. The number of ketones is 1. The van der Waals surface area contributed by atoms with Gasteiger partial charge in [-0.1, -0.05) is 6.07 Å². The van der Waals surface area contributed by atoms with Crippen LogP contribution in [0.4, 0.5) is 5.69 Å². The Bertz CT molecular complexity index is 913. The highest BCUT2D eigenvalue weighted by Crippen LogP contribution is 2.30. The maximum Gasteiger partial charge on any atom is 0.258 e. The molecule has 0 fully saturated rings. The molecule has 0 atom stereocenters. The first-order valence-corrected chi connectivity index (χ1v) is 7.64. The molecule has 0 spiro atoms. The summed E-state index contributed by atoms with van der Waals surface area (Å²) in [5.41, 5.74) is 11.8. The Morgan fingerprint density at radius 3 is 2.00 bits per heavy atom. The Kier molecular flexibility index (Phi) is 3.52. The summed E-state index contributed by atoms with van der Waals surface area (Å²) in [5, 5.41) is 2.23. The van der Waals surface area contributed by atoms with Crippen molar-refractivity contribution in [1.82, 2.24) is 5.32 Å². The SMILES string of the molecule is Cc1c(C)c(C(=O)c2ccc3c(c2)C(=O)NC3=O)c(C)c(C)c1N. The number of fused-ring (bicyclic) bond motifs is 1. The molecule has 1 aliphatic rings. The van der Waals surface area contributed by atoms with Gasteiger partial charge < -0.3 is 5.73 Å². The molecule has 0 saturated carbocycles. The molecule has 1 aliphatic heterocycles. The third kappa shape index (κ3) is 2.12. The van der Waals surface area contributed by atoms with Crippen molar-refractivity contribution in [2.45, 2.75) is 27.7 Å². The topological polar surface area (TPSA) is 89.3 Å². The highest BCUT2D eigenvalue weighted by molar-refractivity contribution is 6.23. The zero-order chi connectivity index (χ0) is 17.8. The van der Waals surface area contributed by atoms with Crippen molar-refractivity contribution in [1.29, 1.82) is 0 Å². The van der Waals surface area contributed by atoms with E-state index in [1.54, 1.807) is 6.07 Å². The van der Waals surface area contributed by atoms with E-state index >= 15 is 0 Å². The number of imide groups is 1. The van der Waals surface area contributed by atoms with E-state index in [9.17, 15) is 14.4 Å². The molecular formula is C19H18N2O3. The van der Waals surface area contributed by atoms with Crippen LogP contribution in [-0.2, 0) is 0 Å². The van der Waals surface area contributed by atoms with Crippen molar-refractivity contribution < 1.29 is 14.4 Å². The number of nitrogen functional groups attached to an aromatic ring is 1. The fraction of sp³-hybridized carbons (Fsp3) is 0.211. The summed E-state index contributed by atoms with van der Waals surface area (Å²) in [7, 11) is 0. The van der Waals surface area contributed by atoms with Gasteiger partial charge >= 0.3 is 0 Å². The van der Waals surface area contributed by atoms with Crippen molar-refractivity contribution in [2.24, 2.45) is 0 Å². The monoisotopic (exact) mass is 322 g/mol. The third-order valence-electron chi connectivity index (χ3n) is 4.91. The van der Waals surface area contributed by atoms with E-state index in [1.165, 1.54) is 12.1 Å². The summed E-state index contributed by atoms with van der Waals surface area (Å²) in [6.07, 6.45) is 0. The van der Waals surface area contributed by atoms with Crippen molar-refractivity contribution in [2.75, 3.05) is 5.73 Å². The molecule has 0 unspecified atom stereocenters. The molecule has 5 heteroatoms. The van der Waals surface area contributed by atoms with Crippen molar-refractivity contribution in [3.63, 3.8) is 0 Å². The van der Waals surface area contributed by atoms with Crippen LogP contribution in [0.15, 0.2) is 18.2 Å². The van der Waals surface area contributed by atoms with Gasteiger partial charge in [-0.25, -0.2) is 0 Å². The molecule has 0 aliphatic carbocycles. The van der Waals surface area contributed by atoms with Gasteiger partial charge in [0.1, 0.15) is 0 Å². The number of rotatable bonds is 2. The molecule has 0 aromatic heterocycles. The highest BCUT2D eigenvalue weighted by atomic mass is 16.2. The molecule has 3 rings (SSSR count). The van der Waals surface area contributed by atoms with Crippen molar-refractivity contribution in [3.05, 3.63) is 62.7 Å². The van der Waals surface area contributed by atoms with E-state index < -0.39 is 11.8 Å². The molecule has 2 aromatic rings. The smallest absolute Gasteiger partial charge is 0.258 e. The first-order valence-electron chi connectivity index (χ1n) is 7.64. The summed E-state index contributed by atoms with van der Waals surface area (Å²) in [4.78, 5) is 36.5. The number of hydrogen-bond acceptors (Lipinski definition) is 4. The van der Waals surface area contributed by atoms with Gasteiger partial charge in [-0.15, -0.1) is 0 Å². The molecule has 0 saturated heterocycles. The molecule has 2 aromatic carbocycles. The lowest BCUT2D eigenvalue weighted by molar-refractivity contribution is 0.0879. The molecule has 5 nitrogen and oxygen atoms in total. The van der Waals surface area contributed by atoms with E-state index in [-0.39, 0.29) is 11.3 Å². The van der Waals surface area contributed by atoms with Crippen LogP contribution < -0.4 is 11.1 Å². The van der Waals surface area contributed by atoms with E-state index in [1.807, 2.05) is 27.7 Å². The number of carbonyl (C=O) groups excluding carboxylic acids is 3. The second-order valence-electron chi connectivity index (χ2n) is 6.16. The number of nitrogens with two attached hydrogens (primary N) is 1. The minimum absolute atomic E-state index is 0.175. The summed E-state index contributed by atoms with van der Waals surface area (Å²) < 4.78 is 0. The normalized spacial score (nSPS) is 13.0. The largest absolute Gasteiger partial charge is 0.398 e. The molecular weight excluding hydrogens is 304 g/mol. The number of amides is 2. The van der Waals surface area contributed by atoms with Crippen LogP contribution in [0, 0.1) is 27.7 Å². The lowest BCUT2D eigenvalue weighted by Crippen LogP contribution is -2.19. The van der Waals surface area contributed by atoms with Gasteiger partial charge in [0.2, 0.25) is 0 Å². The number of benzene rings is 2. The number of anilines is 1. The lowest BCUT2D eigenvalue weighted by Gasteiger charge is -2.17. The van der Waals surface area contributed by atoms with Gasteiger partial charge in [-0.05, 0) is 62.1 Å². The molecule has 24 heavy (non-hydrogen) atoms. The molecule has 2 amide bonds. The quantitative estimate of drug-likeness (QED) is 0.505. The number of nitrogens with one attached hydrogen (secondary N) is 1. The Labute approximate surface area is 139 Å². The fourth-order valence-electron chi connectivity index (χ4n) is 3.14. The van der Waals surface area contributed by atoms with E-state index in [0.29, 0.717) is 22.4 Å². The first-order chi connectivity index (χ1) is 11.2. The van der Waals surface area contributed by atoms with Crippen molar-refractivity contribution in [3.8, 4) is 0 Å². The van der Waals surface area contributed by atoms with Crippen molar-refractivity contribution >= 4 is 23.3 Å². The van der Waals surface area contributed by atoms with E-state index in [2.05, 4.69) is 5.32 Å². The maximum atomic E-state index is 13.0. The third-order valence-corrected chi connectivity index (χ3v) is 4.91. The van der Waals surface area contributed by atoms with Crippen LogP contribution >= 0.6 is 0 Å². The molecule has 0 bridgehead atoms.